The first kappa shape index (κ1) is 14.2. The highest BCUT2D eigenvalue weighted by Gasteiger charge is 2.19. The van der Waals surface area contributed by atoms with Crippen molar-refractivity contribution < 1.29 is 9.45 Å². The summed E-state index contributed by atoms with van der Waals surface area (Å²) in [5.74, 6) is 0.558. The van der Waals surface area contributed by atoms with Gasteiger partial charge in [-0.2, -0.15) is 4.98 Å². The van der Waals surface area contributed by atoms with Gasteiger partial charge < -0.3 is 4.52 Å². The van der Waals surface area contributed by atoms with Gasteiger partial charge in [-0.3, -0.25) is 10.1 Å². The summed E-state index contributed by atoms with van der Waals surface area (Å²) in [6.07, 6.45) is 0. The van der Waals surface area contributed by atoms with Crippen LogP contribution in [0.1, 0.15) is 5.56 Å². The molecule has 1 heterocycles. The largest absolute Gasteiger partial charge is 0.334 e. The molecule has 0 fully saturated rings. The molecular formula is C15H10ClN3O3. The highest BCUT2D eigenvalue weighted by Crippen LogP contribution is 2.31. The number of rotatable bonds is 3. The molecule has 2 aromatic carbocycles. The summed E-state index contributed by atoms with van der Waals surface area (Å²) in [4.78, 5) is 14.8. The zero-order valence-corrected chi connectivity index (χ0v) is 12.2. The third kappa shape index (κ3) is 2.44. The van der Waals surface area contributed by atoms with E-state index in [1.807, 2.05) is 6.07 Å². The number of hydrogen-bond donors (Lipinski definition) is 0. The highest BCUT2D eigenvalue weighted by atomic mass is 35.5. The van der Waals surface area contributed by atoms with E-state index >= 15 is 0 Å². The number of aromatic nitrogens is 2. The SMILES string of the molecule is Cc1c(-c2nc(-c3ccccc3Cl)no2)cccc1[N+](=O)[O-]. The van der Waals surface area contributed by atoms with Crippen LogP contribution in [0.4, 0.5) is 5.69 Å². The van der Waals surface area contributed by atoms with Crippen molar-refractivity contribution in [3.05, 3.63) is 63.2 Å². The summed E-state index contributed by atoms with van der Waals surface area (Å²) in [6.45, 7) is 1.65. The van der Waals surface area contributed by atoms with Crippen molar-refractivity contribution in [3.63, 3.8) is 0 Å². The van der Waals surface area contributed by atoms with Gasteiger partial charge in [0.1, 0.15) is 0 Å². The molecule has 3 aromatic rings. The van der Waals surface area contributed by atoms with Crippen molar-refractivity contribution in [3.8, 4) is 22.8 Å². The molecule has 0 amide bonds. The molecule has 0 spiro atoms. The van der Waals surface area contributed by atoms with E-state index in [0.717, 1.165) is 0 Å². The van der Waals surface area contributed by atoms with Gasteiger partial charge >= 0.3 is 0 Å². The predicted molar refractivity (Wildman–Crippen MR) is 81.6 cm³/mol. The molecule has 3 rings (SSSR count). The van der Waals surface area contributed by atoms with E-state index in [-0.39, 0.29) is 11.6 Å². The second-order valence-electron chi connectivity index (χ2n) is 4.61. The molecule has 7 heteroatoms. The Morgan fingerprint density at radius 1 is 1.14 bits per heavy atom. The fourth-order valence-electron chi connectivity index (χ4n) is 2.14. The zero-order chi connectivity index (χ0) is 15.7. The molecule has 0 saturated carbocycles. The van der Waals surface area contributed by atoms with Crippen molar-refractivity contribution in [2.24, 2.45) is 0 Å². The average Bonchev–Trinajstić information content (AvgIpc) is 2.97. The number of nitrogens with zero attached hydrogens (tertiary/aromatic N) is 3. The van der Waals surface area contributed by atoms with Gasteiger partial charge in [-0.1, -0.05) is 35.0 Å². The summed E-state index contributed by atoms with van der Waals surface area (Å²) in [7, 11) is 0. The van der Waals surface area contributed by atoms with Crippen LogP contribution in [0.5, 0.6) is 0 Å². The molecule has 0 unspecified atom stereocenters. The second kappa shape index (κ2) is 5.57. The molecule has 0 aliphatic heterocycles. The second-order valence-corrected chi connectivity index (χ2v) is 5.02. The summed E-state index contributed by atoms with van der Waals surface area (Å²) < 4.78 is 5.23. The summed E-state index contributed by atoms with van der Waals surface area (Å²) >= 11 is 6.10. The van der Waals surface area contributed by atoms with Crippen LogP contribution in [0.15, 0.2) is 47.0 Å². The Bertz CT molecular complexity index is 861. The van der Waals surface area contributed by atoms with E-state index in [9.17, 15) is 10.1 Å². The Balaban J connectivity index is 2.07. The topological polar surface area (TPSA) is 82.1 Å². The van der Waals surface area contributed by atoms with Crippen LogP contribution < -0.4 is 0 Å². The predicted octanol–water partition coefficient (Wildman–Crippen LogP) is 4.27. The molecule has 0 aliphatic carbocycles. The van der Waals surface area contributed by atoms with Gasteiger partial charge in [0, 0.05) is 22.8 Å². The van der Waals surface area contributed by atoms with Crippen molar-refractivity contribution in [1.29, 1.82) is 0 Å². The lowest BCUT2D eigenvalue weighted by atomic mass is 10.1. The summed E-state index contributed by atoms with van der Waals surface area (Å²) in [5, 5.41) is 15.4. The molecule has 22 heavy (non-hydrogen) atoms. The molecule has 0 atom stereocenters. The molecule has 0 radical (unpaired) electrons. The van der Waals surface area contributed by atoms with E-state index in [0.29, 0.717) is 27.5 Å². The lowest BCUT2D eigenvalue weighted by Crippen LogP contribution is -1.93. The number of halogens is 1. The average molecular weight is 316 g/mol. The van der Waals surface area contributed by atoms with Gasteiger partial charge in [-0.25, -0.2) is 0 Å². The molecule has 0 aliphatic rings. The first-order chi connectivity index (χ1) is 10.6. The molecule has 110 valence electrons. The minimum atomic E-state index is -0.440. The molecular weight excluding hydrogens is 306 g/mol. The van der Waals surface area contributed by atoms with Crippen LogP contribution in [0, 0.1) is 17.0 Å². The molecule has 1 aromatic heterocycles. The van der Waals surface area contributed by atoms with Crippen LogP contribution in [-0.2, 0) is 0 Å². The molecule has 6 nitrogen and oxygen atoms in total. The van der Waals surface area contributed by atoms with Crippen LogP contribution in [0.25, 0.3) is 22.8 Å². The molecule has 0 N–H and O–H groups in total. The lowest BCUT2D eigenvalue weighted by molar-refractivity contribution is -0.385. The van der Waals surface area contributed by atoms with Gasteiger partial charge in [0.05, 0.1) is 9.95 Å². The van der Waals surface area contributed by atoms with Crippen LogP contribution in [0.2, 0.25) is 5.02 Å². The van der Waals surface area contributed by atoms with Crippen molar-refractivity contribution in [2.75, 3.05) is 0 Å². The maximum atomic E-state index is 11.0. The smallest absolute Gasteiger partial charge is 0.273 e. The third-order valence-electron chi connectivity index (χ3n) is 3.27. The van der Waals surface area contributed by atoms with Gasteiger partial charge in [0.25, 0.3) is 11.6 Å². The fraction of sp³-hybridized carbons (Fsp3) is 0.0667. The highest BCUT2D eigenvalue weighted by molar-refractivity contribution is 6.33. The summed E-state index contributed by atoms with van der Waals surface area (Å²) in [6, 6.07) is 11.8. The quantitative estimate of drug-likeness (QED) is 0.532. The van der Waals surface area contributed by atoms with E-state index in [2.05, 4.69) is 10.1 Å². The number of nitro benzene ring substituents is 1. The van der Waals surface area contributed by atoms with Gasteiger partial charge in [0.15, 0.2) is 0 Å². The Morgan fingerprint density at radius 2 is 1.86 bits per heavy atom. The molecule has 0 saturated heterocycles. The minimum absolute atomic E-state index is 0.00925. The normalized spacial score (nSPS) is 10.6. The Morgan fingerprint density at radius 3 is 2.59 bits per heavy atom. The van der Waals surface area contributed by atoms with Crippen LogP contribution in [-0.4, -0.2) is 15.1 Å². The van der Waals surface area contributed by atoms with E-state index < -0.39 is 4.92 Å². The van der Waals surface area contributed by atoms with Crippen LogP contribution in [0.3, 0.4) is 0 Å². The Hall–Kier alpha value is -2.73. The first-order valence-electron chi connectivity index (χ1n) is 6.41. The molecule has 0 bridgehead atoms. The summed E-state index contributed by atoms with van der Waals surface area (Å²) in [5.41, 5.74) is 1.65. The van der Waals surface area contributed by atoms with Crippen molar-refractivity contribution >= 4 is 17.3 Å². The Kier molecular flexibility index (Phi) is 3.60. The maximum Gasteiger partial charge on any atom is 0.273 e. The van der Waals surface area contributed by atoms with E-state index in [4.69, 9.17) is 16.1 Å². The van der Waals surface area contributed by atoms with Crippen molar-refractivity contribution in [1.82, 2.24) is 10.1 Å². The number of nitro groups is 1. The fourth-order valence-corrected chi connectivity index (χ4v) is 2.36. The van der Waals surface area contributed by atoms with Crippen molar-refractivity contribution in [2.45, 2.75) is 6.92 Å². The minimum Gasteiger partial charge on any atom is -0.334 e. The maximum absolute atomic E-state index is 11.0. The van der Waals surface area contributed by atoms with E-state index in [1.165, 1.54) is 6.07 Å². The number of benzene rings is 2. The monoisotopic (exact) mass is 315 g/mol. The zero-order valence-electron chi connectivity index (χ0n) is 11.5. The van der Waals surface area contributed by atoms with E-state index in [1.54, 1.807) is 37.3 Å². The van der Waals surface area contributed by atoms with Crippen LogP contribution >= 0.6 is 11.6 Å². The first-order valence-corrected chi connectivity index (χ1v) is 6.78. The van der Waals surface area contributed by atoms with Gasteiger partial charge in [-0.05, 0) is 25.1 Å². The number of hydrogen-bond acceptors (Lipinski definition) is 5. The Labute approximate surface area is 130 Å². The van der Waals surface area contributed by atoms with Gasteiger partial charge in [-0.15, -0.1) is 0 Å². The standard InChI is InChI=1S/C15H10ClN3O3/c1-9-10(6-4-8-13(9)19(20)21)15-17-14(18-22-15)11-5-2-3-7-12(11)16/h2-8H,1H3. The third-order valence-corrected chi connectivity index (χ3v) is 3.60. The lowest BCUT2D eigenvalue weighted by Gasteiger charge is -2.01. The van der Waals surface area contributed by atoms with Gasteiger partial charge in [0.2, 0.25) is 5.82 Å².